The SMILES string of the molecule is COC(=O)c1cccc(S(=O)(=O)Nc2ccc(N)nc2)c1. The minimum absolute atomic E-state index is 0.0535. The molecule has 8 heteroatoms. The van der Waals surface area contributed by atoms with E-state index in [0.717, 1.165) is 0 Å². The maximum Gasteiger partial charge on any atom is 0.337 e. The van der Waals surface area contributed by atoms with Gasteiger partial charge in [-0.3, -0.25) is 4.72 Å². The molecule has 2 rings (SSSR count). The van der Waals surface area contributed by atoms with Crippen molar-refractivity contribution in [2.45, 2.75) is 4.90 Å². The number of esters is 1. The summed E-state index contributed by atoms with van der Waals surface area (Å²) in [6.07, 6.45) is 1.30. The highest BCUT2D eigenvalue weighted by Crippen LogP contribution is 2.17. The van der Waals surface area contributed by atoms with Crippen molar-refractivity contribution in [3.63, 3.8) is 0 Å². The Labute approximate surface area is 121 Å². The standard InChI is InChI=1S/C13H13N3O4S/c1-20-13(17)9-3-2-4-11(7-9)21(18,19)16-10-5-6-12(14)15-8-10/h2-8,16H,1H3,(H2,14,15). The molecular weight excluding hydrogens is 294 g/mol. The third-order valence-electron chi connectivity index (χ3n) is 2.60. The van der Waals surface area contributed by atoms with E-state index in [9.17, 15) is 13.2 Å². The molecule has 0 fully saturated rings. The fraction of sp³-hybridized carbons (Fsp3) is 0.0769. The molecule has 0 bridgehead atoms. The van der Waals surface area contributed by atoms with Crippen LogP contribution in [0, 0.1) is 0 Å². The van der Waals surface area contributed by atoms with Gasteiger partial charge in [-0.05, 0) is 30.3 Å². The van der Waals surface area contributed by atoms with Crippen molar-refractivity contribution in [2.24, 2.45) is 0 Å². The molecule has 1 aromatic heterocycles. The maximum absolute atomic E-state index is 12.2. The van der Waals surface area contributed by atoms with Crippen LogP contribution in [-0.2, 0) is 14.8 Å². The van der Waals surface area contributed by atoms with Gasteiger partial charge in [0.2, 0.25) is 0 Å². The van der Waals surface area contributed by atoms with Gasteiger partial charge in [-0.15, -0.1) is 0 Å². The number of nitrogens with one attached hydrogen (secondary N) is 1. The van der Waals surface area contributed by atoms with Crippen molar-refractivity contribution in [1.29, 1.82) is 0 Å². The Morgan fingerprint density at radius 1 is 1.29 bits per heavy atom. The van der Waals surface area contributed by atoms with E-state index in [1.807, 2.05) is 0 Å². The van der Waals surface area contributed by atoms with Crippen LogP contribution in [-0.4, -0.2) is 26.5 Å². The van der Waals surface area contributed by atoms with Crippen molar-refractivity contribution in [3.05, 3.63) is 48.2 Å². The molecule has 0 saturated heterocycles. The van der Waals surface area contributed by atoms with Gasteiger partial charge in [0.25, 0.3) is 10.0 Å². The van der Waals surface area contributed by atoms with Crippen LogP contribution in [0.15, 0.2) is 47.5 Å². The summed E-state index contributed by atoms with van der Waals surface area (Å²) >= 11 is 0. The van der Waals surface area contributed by atoms with E-state index in [1.165, 1.54) is 49.7 Å². The number of nitrogens with two attached hydrogens (primary N) is 1. The van der Waals surface area contributed by atoms with Crippen LogP contribution in [0.2, 0.25) is 0 Å². The van der Waals surface area contributed by atoms with Crippen LogP contribution in [0.1, 0.15) is 10.4 Å². The number of ether oxygens (including phenoxy) is 1. The predicted molar refractivity (Wildman–Crippen MR) is 77.2 cm³/mol. The van der Waals surface area contributed by atoms with Crippen molar-refractivity contribution in [2.75, 3.05) is 17.6 Å². The molecule has 0 aliphatic heterocycles. The Morgan fingerprint density at radius 2 is 2.05 bits per heavy atom. The minimum atomic E-state index is -3.83. The van der Waals surface area contributed by atoms with Crippen molar-refractivity contribution < 1.29 is 17.9 Å². The normalized spacial score (nSPS) is 10.9. The summed E-state index contributed by atoms with van der Waals surface area (Å²) in [5.74, 6) is -0.327. The monoisotopic (exact) mass is 307 g/mol. The number of nitrogen functional groups attached to an aromatic ring is 1. The first kappa shape index (κ1) is 14.8. The zero-order chi connectivity index (χ0) is 15.5. The molecule has 0 aliphatic carbocycles. The number of carbonyl (C=O) groups excluding carboxylic acids is 1. The van der Waals surface area contributed by atoms with Crippen molar-refractivity contribution >= 4 is 27.5 Å². The van der Waals surface area contributed by atoms with Crippen LogP contribution in [0.5, 0.6) is 0 Å². The van der Waals surface area contributed by atoms with Gasteiger partial charge in [-0.25, -0.2) is 18.2 Å². The van der Waals surface area contributed by atoms with Gasteiger partial charge in [0.15, 0.2) is 0 Å². The first-order valence-electron chi connectivity index (χ1n) is 5.85. The number of pyridine rings is 1. The van der Waals surface area contributed by atoms with Crippen LogP contribution in [0.4, 0.5) is 11.5 Å². The molecule has 21 heavy (non-hydrogen) atoms. The topological polar surface area (TPSA) is 111 Å². The van der Waals surface area contributed by atoms with E-state index in [-0.39, 0.29) is 22.0 Å². The van der Waals surface area contributed by atoms with Gasteiger partial charge in [0, 0.05) is 0 Å². The number of hydrogen-bond donors (Lipinski definition) is 2. The van der Waals surface area contributed by atoms with E-state index >= 15 is 0 Å². The second kappa shape index (κ2) is 5.80. The molecule has 1 heterocycles. The Kier molecular flexibility index (Phi) is 4.08. The highest BCUT2D eigenvalue weighted by Gasteiger charge is 2.16. The number of hydrogen-bond acceptors (Lipinski definition) is 6. The van der Waals surface area contributed by atoms with Crippen LogP contribution < -0.4 is 10.5 Å². The number of methoxy groups -OCH3 is 1. The summed E-state index contributed by atoms with van der Waals surface area (Å²) in [5, 5.41) is 0. The third-order valence-corrected chi connectivity index (χ3v) is 3.98. The number of aromatic nitrogens is 1. The second-order valence-corrected chi connectivity index (χ2v) is 5.78. The predicted octanol–water partition coefficient (Wildman–Crippen LogP) is 1.25. The number of nitrogens with zero attached hydrogens (tertiary/aromatic N) is 1. The van der Waals surface area contributed by atoms with Gasteiger partial charge in [0.1, 0.15) is 5.82 Å². The molecule has 0 atom stereocenters. The van der Waals surface area contributed by atoms with Gasteiger partial charge < -0.3 is 10.5 Å². The second-order valence-electron chi connectivity index (χ2n) is 4.10. The Morgan fingerprint density at radius 3 is 2.67 bits per heavy atom. The van der Waals surface area contributed by atoms with E-state index in [0.29, 0.717) is 0 Å². The molecule has 2 aromatic rings. The van der Waals surface area contributed by atoms with Crippen molar-refractivity contribution in [3.8, 4) is 0 Å². The highest BCUT2D eigenvalue weighted by molar-refractivity contribution is 7.92. The molecule has 0 unspecified atom stereocenters. The largest absolute Gasteiger partial charge is 0.465 e. The lowest BCUT2D eigenvalue weighted by Crippen LogP contribution is -2.14. The van der Waals surface area contributed by atoms with E-state index in [4.69, 9.17) is 5.73 Å². The summed E-state index contributed by atoms with van der Waals surface area (Å²) in [6, 6.07) is 8.50. The Bertz CT molecular complexity index is 757. The summed E-state index contributed by atoms with van der Waals surface area (Å²) in [4.78, 5) is 15.2. The molecule has 0 radical (unpaired) electrons. The molecule has 1 aromatic carbocycles. The lowest BCUT2D eigenvalue weighted by molar-refractivity contribution is 0.0600. The first-order valence-corrected chi connectivity index (χ1v) is 7.33. The molecular formula is C13H13N3O4S. The van der Waals surface area contributed by atoms with E-state index in [2.05, 4.69) is 14.4 Å². The zero-order valence-electron chi connectivity index (χ0n) is 11.1. The number of carbonyl (C=O) groups is 1. The molecule has 0 spiro atoms. The van der Waals surface area contributed by atoms with Crippen LogP contribution >= 0.6 is 0 Å². The molecule has 0 aliphatic rings. The quantitative estimate of drug-likeness (QED) is 0.822. The van der Waals surface area contributed by atoms with Crippen molar-refractivity contribution in [1.82, 2.24) is 4.98 Å². The Balaban J connectivity index is 2.31. The first-order chi connectivity index (χ1) is 9.92. The fourth-order valence-corrected chi connectivity index (χ4v) is 2.68. The molecule has 7 nitrogen and oxygen atoms in total. The highest BCUT2D eigenvalue weighted by atomic mass is 32.2. The van der Waals surface area contributed by atoms with Crippen LogP contribution in [0.25, 0.3) is 0 Å². The average Bonchev–Trinajstić information content (AvgIpc) is 2.49. The number of benzene rings is 1. The van der Waals surface area contributed by atoms with Gasteiger partial charge >= 0.3 is 5.97 Å². The average molecular weight is 307 g/mol. The zero-order valence-corrected chi connectivity index (χ0v) is 11.9. The summed E-state index contributed by atoms with van der Waals surface area (Å²) in [7, 11) is -2.61. The van der Waals surface area contributed by atoms with E-state index in [1.54, 1.807) is 0 Å². The van der Waals surface area contributed by atoms with Crippen LogP contribution in [0.3, 0.4) is 0 Å². The van der Waals surface area contributed by atoms with Gasteiger partial charge in [-0.2, -0.15) is 0 Å². The smallest absolute Gasteiger partial charge is 0.337 e. The minimum Gasteiger partial charge on any atom is -0.465 e. The molecule has 3 N–H and O–H groups in total. The molecule has 110 valence electrons. The Hall–Kier alpha value is -2.61. The maximum atomic E-state index is 12.2. The summed E-state index contributed by atoms with van der Waals surface area (Å²) < 4.78 is 31.4. The van der Waals surface area contributed by atoms with Gasteiger partial charge in [-0.1, -0.05) is 6.07 Å². The van der Waals surface area contributed by atoms with Gasteiger partial charge in [0.05, 0.1) is 29.5 Å². The summed E-state index contributed by atoms with van der Waals surface area (Å²) in [6.45, 7) is 0. The number of sulfonamides is 1. The number of rotatable bonds is 4. The summed E-state index contributed by atoms with van der Waals surface area (Å²) in [5.41, 5.74) is 5.85. The fourth-order valence-electron chi connectivity index (χ4n) is 1.59. The lowest BCUT2D eigenvalue weighted by atomic mass is 10.2. The molecule has 0 amide bonds. The third kappa shape index (κ3) is 3.48. The molecule has 0 saturated carbocycles. The number of anilines is 2. The lowest BCUT2D eigenvalue weighted by Gasteiger charge is -2.08. The van der Waals surface area contributed by atoms with E-state index < -0.39 is 16.0 Å².